The Bertz CT molecular complexity index is 1120. The summed E-state index contributed by atoms with van der Waals surface area (Å²) in [5, 5.41) is 14.6. The monoisotopic (exact) mass is 435 g/mol. The third kappa shape index (κ3) is 4.91. The molecule has 0 saturated carbocycles. The lowest BCUT2D eigenvalue weighted by molar-refractivity contribution is 0.148. The smallest absolute Gasteiger partial charge is 0.137 e. The van der Waals surface area contributed by atoms with Crippen LogP contribution in [0.5, 0.6) is 5.75 Å². The molecular formula is C24H26ClN5O. The molecule has 6 nitrogen and oxygen atoms in total. The van der Waals surface area contributed by atoms with Crippen LogP contribution in [0.4, 0.5) is 5.69 Å². The van der Waals surface area contributed by atoms with E-state index in [1.165, 1.54) is 0 Å². The highest BCUT2D eigenvalue weighted by Gasteiger charge is 2.17. The minimum absolute atomic E-state index is 0.589. The first kappa shape index (κ1) is 21.4. The number of ether oxygens (including phenoxy) is 1. The minimum Gasteiger partial charge on any atom is -0.495 e. The lowest BCUT2D eigenvalue weighted by atomic mass is 10.1. The van der Waals surface area contributed by atoms with E-state index in [0.717, 1.165) is 60.4 Å². The maximum atomic E-state index is 9.40. The van der Waals surface area contributed by atoms with Crippen LogP contribution >= 0.6 is 11.6 Å². The Balaban J connectivity index is 1.65. The number of anilines is 1. The standard InChI is InChI=1S/C24H26ClN5O/c1-29-7-9-30(10-8-29)16-19-15-27-22-5-3-17(13-26)11-20(22)24(19)28-14-18-4-6-23(31-2)21(25)12-18/h3-6,11-12,15H,7-10,14,16H2,1-2H3,(H,27,28). The van der Waals surface area contributed by atoms with E-state index in [0.29, 0.717) is 22.9 Å². The molecular weight excluding hydrogens is 410 g/mol. The number of nitrogens with one attached hydrogen (secondary N) is 1. The van der Waals surface area contributed by atoms with Crippen LogP contribution in [-0.4, -0.2) is 55.1 Å². The number of pyridine rings is 1. The second kappa shape index (κ2) is 9.52. The Morgan fingerprint density at radius 1 is 1.16 bits per heavy atom. The van der Waals surface area contributed by atoms with E-state index in [-0.39, 0.29) is 0 Å². The second-order valence-electron chi connectivity index (χ2n) is 7.90. The summed E-state index contributed by atoms with van der Waals surface area (Å²) < 4.78 is 5.26. The van der Waals surface area contributed by atoms with Crippen molar-refractivity contribution < 1.29 is 4.74 Å². The summed E-state index contributed by atoms with van der Waals surface area (Å²) in [6.07, 6.45) is 1.95. The van der Waals surface area contributed by atoms with Gasteiger partial charge in [0.15, 0.2) is 0 Å². The number of fused-ring (bicyclic) bond motifs is 1. The molecule has 0 unspecified atom stereocenters. The average molecular weight is 436 g/mol. The zero-order valence-corrected chi connectivity index (χ0v) is 18.6. The number of hydrogen-bond donors (Lipinski definition) is 1. The summed E-state index contributed by atoms with van der Waals surface area (Å²) in [7, 11) is 3.77. The fourth-order valence-corrected chi connectivity index (χ4v) is 4.17. The van der Waals surface area contributed by atoms with E-state index < -0.39 is 0 Å². The summed E-state index contributed by atoms with van der Waals surface area (Å²) in [4.78, 5) is 9.46. The predicted octanol–water partition coefficient (Wildman–Crippen LogP) is 4.13. The Morgan fingerprint density at radius 3 is 2.68 bits per heavy atom. The van der Waals surface area contributed by atoms with Gasteiger partial charge in [0.05, 0.1) is 29.3 Å². The van der Waals surface area contributed by atoms with Crippen molar-refractivity contribution in [1.29, 1.82) is 5.26 Å². The highest BCUT2D eigenvalue weighted by molar-refractivity contribution is 6.32. The molecule has 1 aromatic heterocycles. The molecule has 3 aromatic rings. The molecule has 0 amide bonds. The average Bonchev–Trinajstić information content (AvgIpc) is 2.79. The summed E-state index contributed by atoms with van der Waals surface area (Å²) in [6, 6.07) is 13.7. The number of benzene rings is 2. The van der Waals surface area contributed by atoms with Gasteiger partial charge in [0, 0.05) is 62.1 Å². The third-order valence-corrected chi connectivity index (χ3v) is 6.05. The van der Waals surface area contributed by atoms with Gasteiger partial charge in [-0.15, -0.1) is 0 Å². The number of hydrogen-bond acceptors (Lipinski definition) is 6. The van der Waals surface area contributed by atoms with Crippen LogP contribution < -0.4 is 10.1 Å². The molecule has 0 radical (unpaired) electrons. The van der Waals surface area contributed by atoms with Gasteiger partial charge in [-0.25, -0.2) is 0 Å². The second-order valence-corrected chi connectivity index (χ2v) is 8.31. The molecule has 1 aliphatic rings. The molecule has 4 rings (SSSR count). The topological polar surface area (TPSA) is 64.4 Å². The maximum Gasteiger partial charge on any atom is 0.137 e. The summed E-state index contributed by atoms with van der Waals surface area (Å²) in [5.74, 6) is 0.661. The Kier molecular flexibility index (Phi) is 6.57. The van der Waals surface area contributed by atoms with E-state index in [9.17, 15) is 5.26 Å². The Labute approximate surface area is 188 Å². The van der Waals surface area contributed by atoms with Crippen LogP contribution in [0.2, 0.25) is 5.02 Å². The van der Waals surface area contributed by atoms with Gasteiger partial charge in [-0.05, 0) is 42.9 Å². The van der Waals surface area contributed by atoms with E-state index >= 15 is 0 Å². The molecule has 0 spiro atoms. The number of nitrogens with zero attached hydrogens (tertiary/aromatic N) is 4. The highest BCUT2D eigenvalue weighted by Crippen LogP contribution is 2.30. The fourth-order valence-electron chi connectivity index (χ4n) is 3.89. The number of piperazine rings is 1. The number of aromatic nitrogens is 1. The van der Waals surface area contributed by atoms with Gasteiger partial charge in [-0.2, -0.15) is 5.26 Å². The van der Waals surface area contributed by atoms with Crippen molar-refractivity contribution in [3.05, 3.63) is 64.3 Å². The van der Waals surface area contributed by atoms with Crippen LogP contribution in [0.1, 0.15) is 16.7 Å². The van der Waals surface area contributed by atoms with Gasteiger partial charge in [0.2, 0.25) is 0 Å². The first-order valence-corrected chi connectivity index (χ1v) is 10.7. The van der Waals surface area contributed by atoms with Gasteiger partial charge in [0.25, 0.3) is 0 Å². The largest absolute Gasteiger partial charge is 0.495 e. The summed E-state index contributed by atoms with van der Waals surface area (Å²) in [6.45, 7) is 5.61. The highest BCUT2D eigenvalue weighted by atomic mass is 35.5. The van der Waals surface area contributed by atoms with Gasteiger partial charge >= 0.3 is 0 Å². The molecule has 160 valence electrons. The van der Waals surface area contributed by atoms with Crippen LogP contribution in [0.25, 0.3) is 10.9 Å². The number of halogens is 1. The molecule has 0 bridgehead atoms. The van der Waals surface area contributed by atoms with Gasteiger partial charge in [-0.3, -0.25) is 9.88 Å². The SMILES string of the molecule is COc1ccc(CNc2c(CN3CCN(C)CC3)cnc3ccc(C#N)cc23)cc1Cl. The first-order chi connectivity index (χ1) is 15.1. The molecule has 2 aromatic carbocycles. The van der Waals surface area contributed by atoms with Crippen LogP contribution in [0.15, 0.2) is 42.6 Å². The predicted molar refractivity (Wildman–Crippen MR) is 125 cm³/mol. The number of methoxy groups -OCH3 is 1. The zero-order valence-electron chi connectivity index (χ0n) is 17.9. The Morgan fingerprint density at radius 2 is 1.97 bits per heavy atom. The van der Waals surface area contributed by atoms with E-state index in [1.54, 1.807) is 7.11 Å². The van der Waals surface area contributed by atoms with Crippen molar-refractivity contribution in [3.63, 3.8) is 0 Å². The lowest BCUT2D eigenvalue weighted by Gasteiger charge is -2.32. The van der Waals surface area contributed by atoms with Crippen molar-refractivity contribution in [2.75, 3.05) is 45.7 Å². The zero-order chi connectivity index (χ0) is 21.8. The van der Waals surface area contributed by atoms with E-state index in [1.807, 2.05) is 42.6 Å². The molecule has 2 heterocycles. The lowest BCUT2D eigenvalue weighted by Crippen LogP contribution is -2.44. The van der Waals surface area contributed by atoms with Gasteiger partial charge in [0.1, 0.15) is 5.75 Å². The van der Waals surface area contributed by atoms with Crippen molar-refractivity contribution in [3.8, 4) is 11.8 Å². The van der Waals surface area contributed by atoms with Crippen molar-refractivity contribution >= 4 is 28.2 Å². The minimum atomic E-state index is 0.589. The number of nitriles is 1. The van der Waals surface area contributed by atoms with E-state index in [2.05, 4.69) is 33.2 Å². The number of likely N-dealkylation sites (N-methyl/N-ethyl adjacent to an activating group) is 1. The van der Waals surface area contributed by atoms with Crippen molar-refractivity contribution in [2.45, 2.75) is 13.1 Å². The fraction of sp³-hybridized carbons (Fsp3) is 0.333. The van der Waals surface area contributed by atoms with Crippen molar-refractivity contribution in [1.82, 2.24) is 14.8 Å². The molecule has 0 aliphatic carbocycles. The molecule has 0 atom stereocenters. The van der Waals surface area contributed by atoms with Gasteiger partial charge < -0.3 is 15.0 Å². The van der Waals surface area contributed by atoms with E-state index in [4.69, 9.17) is 16.3 Å². The van der Waals surface area contributed by atoms with Crippen molar-refractivity contribution in [2.24, 2.45) is 0 Å². The molecule has 1 aliphatic heterocycles. The maximum absolute atomic E-state index is 9.40. The molecule has 7 heteroatoms. The normalized spacial score (nSPS) is 15.0. The van der Waals surface area contributed by atoms with Crippen LogP contribution in [0.3, 0.4) is 0 Å². The molecule has 1 N–H and O–H groups in total. The molecule has 31 heavy (non-hydrogen) atoms. The van der Waals surface area contributed by atoms with Crippen LogP contribution in [-0.2, 0) is 13.1 Å². The van der Waals surface area contributed by atoms with Crippen LogP contribution in [0, 0.1) is 11.3 Å². The molecule has 1 saturated heterocycles. The van der Waals surface area contributed by atoms with Gasteiger partial charge in [-0.1, -0.05) is 17.7 Å². The first-order valence-electron chi connectivity index (χ1n) is 10.4. The number of rotatable bonds is 6. The molecule has 1 fully saturated rings. The quantitative estimate of drug-likeness (QED) is 0.628. The third-order valence-electron chi connectivity index (χ3n) is 5.75. The summed E-state index contributed by atoms with van der Waals surface area (Å²) >= 11 is 6.31. The Hall–Kier alpha value is -2.85. The summed E-state index contributed by atoms with van der Waals surface area (Å²) in [5.41, 5.74) is 4.70.